The molecule has 3 aromatic carbocycles. The van der Waals surface area contributed by atoms with E-state index in [0.29, 0.717) is 16.6 Å². The van der Waals surface area contributed by atoms with E-state index in [1.807, 2.05) is 0 Å². The number of nitrogens with one attached hydrogen (secondary N) is 1. The van der Waals surface area contributed by atoms with Gasteiger partial charge in [-0.3, -0.25) is 9.35 Å². The first-order valence-electron chi connectivity index (χ1n) is 7.15. The molecule has 25 heavy (non-hydrogen) atoms. The number of nitrogen functional groups attached to an aromatic ring is 1. The number of carbonyl (C=O) groups excluding carboxylic acids is 1. The van der Waals surface area contributed by atoms with Crippen molar-refractivity contribution in [3.8, 4) is 5.75 Å². The second-order valence-electron chi connectivity index (χ2n) is 5.43. The van der Waals surface area contributed by atoms with Crippen molar-refractivity contribution in [2.75, 3.05) is 11.1 Å². The SMILES string of the molecule is Nc1ccc(C(=O)Nc2cc(S(=O)(=O)O)c3cc(O)ccc3c2)cc1. The first kappa shape index (κ1) is 16.7. The average Bonchev–Trinajstić information content (AvgIpc) is 2.54. The minimum Gasteiger partial charge on any atom is -0.508 e. The number of fused-ring (bicyclic) bond motifs is 1. The van der Waals surface area contributed by atoms with Gasteiger partial charge in [-0.25, -0.2) is 0 Å². The molecular formula is C17H14N2O5S. The van der Waals surface area contributed by atoms with E-state index in [2.05, 4.69) is 5.32 Å². The Morgan fingerprint density at radius 3 is 2.32 bits per heavy atom. The molecule has 0 atom stereocenters. The van der Waals surface area contributed by atoms with Gasteiger partial charge in [-0.1, -0.05) is 6.07 Å². The topological polar surface area (TPSA) is 130 Å². The zero-order valence-electron chi connectivity index (χ0n) is 12.8. The summed E-state index contributed by atoms with van der Waals surface area (Å²) in [5.41, 5.74) is 6.61. The fourth-order valence-electron chi connectivity index (χ4n) is 2.44. The maximum atomic E-state index is 12.3. The van der Waals surface area contributed by atoms with Gasteiger partial charge in [0.15, 0.2) is 0 Å². The van der Waals surface area contributed by atoms with E-state index in [4.69, 9.17) is 5.73 Å². The van der Waals surface area contributed by atoms with Gasteiger partial charge in [-0.2, -0.15) is 8.42 Å². The molecule has 0 saturated carbocycles. The van der Waals surface area contributed by atoms with Crippen LogP contribution in [-0.2, 0) is 10.1 Å². The molecule has 3 aromatic rings. The molecule has 0 aromatic heterocycles. The van der Waals surface area contributed by atoms with E-state index in [-0.39, 0.29) is 16.8 Å². The van der Waals surface area contributed by atoms with Crippen LogP contribution in [0.2, 0.25) is 0 Å². The van der Waals surface area contributed by atoms with Gasteiger partial charge in [-0.15, -0.1) is 0 Å². The van der Waals surface area contributed by atoms with E-state index in [0.717, 1.165) is 6.07 Å². The van der Waals surface area contributed by atoms with Crippen molar-refractivity contribution in [1.82, 2.24) is 0 Å². The van der Waals surface area contributed by atoms with Crippen molar-refractivity contribution < 1.29 is 22.9 Å². The number of anilines is 2. The summed E-state index contributed by atoms with van der Waals surface area (Å²) in [5, 5.41) is 12.7. The van der Waals surface area contributed by atoms with Gasteiger partial charge in [0.1, 0.15) is 10.6 Å². The van der Waals surface area contributed by atoms with Crippen molar-refractivity contribution in [3.05, 3.63) is 60.2 Å². The minimum absolute atomic E-state index is 0.143. The van der Waals surface area contributed by atoms with Gasteiger partial charge in [0.25, 0.3) is 16.0 Å². The molecule has 0 aliphatic rings. The van der Waals surface area contributed by atoms with Gasteiger partial charge in [-0.05, 0) is 53.9 Å². The van der Waals surface area contributed by atoms with Crippen LogP contribution in [0.25, 0.3) is 10.8 Å². The second kappa shape index (κ2) is 6.08. The third kappa shape index (κ3) is 3.54. The molecule has 0 unspecified atom stereocenters. The Labute approximate surface area is 143 Å². The monoisotopic (exact) mass is 358 g/mol. The number of aromatic hydroxyl groups is 1. The van der Waals surface area contributed by atoms with Crippen LogP contribution in [0, 0.1) is 0 Å². The highest BCUT2D eigenvalue weighted by Gasteiger charge is 2.17. The molecule has 0 heterocycles. The number of hydrogen-bond donors (Lipinski definition) is 4. The van der Waals surface area contributed by atoms with E-state index in [9.17, 15) is 22.9 Å². The maximum Gasteiger partial charge on any atom is 0.295 e. The number of nitrogens with two attached hydrogens (primary N) is 1. The lowest BCUT2D eigenvalue weighted by atomic mass is 10.1. The van der Waals surface area contributed by atoms with E-state index >= 15 is 0 Å². The number of rotatable bonds is 3. The van der Waals surface area contributed by atoms with Crippen molar-refractivity contribution in [1.29, 1.82) is 0 Å². The standard InChI is InChI=1S/C17H14N2O5S/c18-12-4-1-10(2-5-12)17(21)19-13-7-11-3-6-14(20)9-15(11)16(8-13)25(22,23)24/h1-9,20H,18H2,(H,19,21)(H,22,23,24). The average molecular weight is 358 g/mol. The van der Waals surface area contributed by atoms with Crippen molar-refractivity contribution in [2.45, 2.75) is 4.90 Å². The summed E-state index contributed by atoms with van der Waals surface area (Å²) in [5.74, 6) is -0.601. The molecule has 1 amide bonds. The van der Waals surface area contributed by atoms with Crippen LogP contribution < -0.4 is 11.1 Å². The fraction of sp³-hybridized carbons (Fsp3) is 0. The molecule has 0 aliphatic carbocycles. The summed E-state index contributed by atoms with van der Waals surface area (Å²) in [7, 11) is -4.55. The zero-order valence-corrected chi connectivity index (χ0v) is 13.6. The van der Waals surface area contributed by atoms with Crippen molar-refractivity contribution in [2.24, 2.45) is 0 Å². The Bertz CT molecular complexity index is 1080. The third-order valence-electron chi connectivity index (χ3n) is 3.61. The number of phenols is 1. The molecule has 128 valence electrons. The number of hydrogen-bond acceptors (Lipinski definition) is 5. The van der Waals surface area contributed by atoms with Crippen LogP contribution >= 0.6 is 0 Å². The molecule has 0 fully saturated rings. The summed E-state index contributed by atoms with van der Waals surface area (Å²) in [6.45, 7) is 0. The predicted octanol–water partition coefficient (Wildman–Crippen LogP) is 2.63. The highest BCUT2D eigenvalue weighted by molar-refractivity contribution is 7.86. The van der Waals surface area contributed by atoms with E-state index < -0.39 is 20.9 Å². The predicted molar refractivity (Wildman–Crippen MR) is 94.2 cm³/mol. The Morgan fingerprint density at radius 2 is 1.68 bits per heavy atom. The Kier molecular flexibility index (Phi) is 4.07. The zero-order chi connectivity index (χ0) is 18.2. The van der Waals surface area contributed by atoms with Crippen molar-refractivity contribution >= 4 is 38.2 Å². The van der Waals surface area contributed by atoms with Gasteiger partial charge < -0.3 is 16.2 Å². The second-order valence-corrected chi connectivity index (χ2v) is 6.82. The van der Waals surface area contributed by atoms with Crippen LogP contribution in [0.4, 0.5) is 11.4 Å². The smallest absolute Gasteiger partial charge is 0.295 e. The van der Waals surface area contributed by atoms with Crippen molar-refractivity contribution in [3.63, 3.8) is 0 Å². The molecule has 3 rings (SSSR count). The van der Waals surface area contributed by atoms with Crippen LogP contribution in [0.1, 0.15) is 10.4 Å². The molecule has 7 nitrogen and oxygen atoms in total. The first-order chi connectivity index (χ1) is 11.7. The molecule has 8 heteroatoms. The van der Waals surface area contributed by atoms with Gasteiger partial charge in [0.2, 0.25) is 0 Å². The molecule has 0 radical (unpaired) electrons. The van der Waals surface area contributed by atoms with E-state index in [1.165, 1.54) is 30.3 Å². The normalized spacial score (nSPS) is 11.4. The summed E-state index contributed by atoms with van der Waals surface area (Å²) >= 11 is 0. The maximum absolute atomic E-state index is 12.3. The van der Waals surface area contributed by atoms with E-state index in [1.54, 1.807) is 18.2 Å². The first-order valence-corrected chi connectivity index (χ1v) is 8.59. The summed E-state index contributed by atoms with van der Waals surface area (Å²) in [4.78, 5) is 11.9. The quantitative estimate of drug-likeness (QED) is 0.421. The molecule has 0 saturated heterocycles. The number of carbonyl (C=O) groups is 1. The molecule has 0 aliphatic heterocycles. The lowest BCUT2D eigenvalue weighted by Crippen LogP contribution is -2.12. The third-order valence-corrected chi connectivity index (χ3v) is 4.50. The van der Waals surface area contributed by atoms with Crippen LogP contribution in [0.15, 0.2) is 59.5 Å². The fourth-order valence-corrected chi connectivity index (χ4v) is 3.17. The Hall–Kier alpha value is -3.10. The highest BCUT2D eigenvalue weighted by atomic mass is 32.2. The largest absolute Gasteiger partial charge is 0.508 e. The summed E-state index contributed by atoms with van der Waals surface area (Å²) < 4.78 is 32.7. The van der Waals surface area contributed by atoms with Crippen LogP contribution in [0.3, 0.4) is 0 Å². The highest BCUT2D eigenvalue weighted by Crippen LogP contribution is 2.30. The number of amides is 1. The van der Waals surface area contributed by atoms with Crippen LogP contribution in [-0.4, -0.2) is 24.0 Å². The summed E-state index contributed by atoms with van der Waals surface area (Å²) in [6.07, 6.45) is 0. The molecule has 0 spiro atoms. The molecular weight excluding hydrogens is 344 g/mol. The molecule has 5 N–H and O–H groups in total. The molecule has 0 bridgehead atoms. The lowest BCUT2D eigenvalue weighted by Gasteiger charge is -2.10. The van der Waals surface area contributed by atoms with Gasteiger partial charge in [0.05, 0.1) is 0 Å². The number of benzene rings is 3. The Balaban J connectivity index is 2.06. The minimum atomic E-state index is -4.55. The van der Waals surface area contributed by atoms with Crippen LogP contribution in [0.5, 0.6) is 5.75 Å². The number of phenolic OH excluding ortho intramolecular Hbond substituents is 1. The van der Waals surface area contributed by atoms with Gasteiger partial charge >= 0.3 is 0 Å². The summed E-state index contributed by atoms with van der Waals surface area (Å²) in [6, 6.07) is 13.0. The van der Waals surface area contributed by atoms with Gasteiger partial charge in [0, 0.05) is 22.3 Å². The Morgan fingerprint density at radius 1 is 1.00 bits per heavy atom. The lowest BCUT2D eigenvalue weighted by molar-refractivity contribution is 0.102.